The second-order valence-corrected chi connectivity index (χ2v) is 7.29. The summed E-state index contributed by atoms with van der Waals surface area (Å²) in [6, 6.07) is 7.40. The molecular formula is C18H22N2O3S. The first-order valence-corrected chi connectivity index (χ1v) is 9.10. The van der Waals surface area contributed by atoms with Gasteiger partial charge in [-0.05, 0) is 49.3 Å². The number of hydrogen-bond donors (Lipinski definition) is 1. The first kappa shape index (κ1) is 16.8. The summed E-state index contributed by atoms with van der Waals surface area (Å²) in [5.74, 6) is 1.96. The van der Waals surface area contributed by atoms with E-state index in [9.17, 15) is 9.59 Å². The highest BCUT2D eigenvalue weighted by Gasteiger charge is 2.32. The molecule has 3 rings (SSSR count). The molecule has 1 saturated heterocycles. The van der Waals surface area contributed by atoms with Gasteiger partial charge in [-0.1, -0.05) is 13.0 Å². The van der Waals surface area contributed by atoms with Gasteiger partial charge in [0.05, 0.1) is 17.5 Å². The third kappa shape index (κ3) is 3.70. The Labute approximate surface area is 145 Å². The average Bonchev–Trinajstić information content (AvgIpc) is 3.23. The second-order valence-electron chi connectivity index (χ2n) is 6.34. The molecule has 2 amide bonds. The van der Waals surface area contributed by atoms with Crippen LogP contribution >= 0.6 is 11.3 Å². The summed E-state index contributed by atoms with van der Waals surface area (Å²) in [6.07, 6.45) is 1.86. The lowest BCUT2D eigenvalue weighted by molar-refractivity contribution is -0.135. The zero-order valence-corrected chi connectivity index (χ0v) is 14.8. The van der Waals surface area contributed by atoms with E-state index in [0.29, 0.717) is 17.3 Å². The number of hydrogen-bond acceptors (Lipinski definition) is 4. The van der Waals surface area contributed by atoms with Crippen LogP contribution in [0.25, 0.3) is 0 Å². The van der Waals surface area contributed by atoms with Crippen molar-refractivity contribution >= 4 is 23.2 Å². The number of carbonyl (C=O) groups excluding carboxylic acids is 2. The van der Waals surface area contributed by atoms with Gasteiger partial charge in [-0.2, -0.15) is 0 Å². The number of nitrogens with zero attached hydrogens (tertiary/aromatic N) is 1. The Hall–Kier alpha value is -2.08. The van der Waals surface area contributed by atoms with Crippen molar-refractivity contribution in [2.45, 2.75) is 32.7 Å². The molecular weight excluding hydrogens is 324 g/mol. The number of carbonyl (C=O) groups is 2. The van der Waals surface area contributed by atoms with Crippen LogP contribution in [0.4, 0.5) is 0 Å². The maximum atomic E-state index is 12.6. The predicted octanol–water partition coefficient (Wildman–Crippen LogP) is 3.38. The molecule has 0 saturated carbocycles. The molecule has 2 atom stereocenters. The summed E-state index contributed by atoms with van der Waals surface area (Å²) in [6.45, 7) is 4.81. The fourth-order valence-electron chi connectivity index (χ4n) is 3.09. The molecule has 0 aromatic carbocycles. The minimum absolute atomic E-state index is 0.0152. The van der Waals surface area contributed by atoms with E-state index in [-0.39, 0.29) is 24.4 Å². The van der Waals surface area contributed by atoms with Gasteiger partial charge in [-0.15, -0.1) is 11.3 Å². The van der Waals surface area contributed by atoms with Crippen molar-refractivity contribution in [1.82, 2.24) is 10.2 Å². The zero-order chi connectivity index (χ0) is 17.1. The summed E-state index contributed by atoms with van der Waals surface area (Å²) in [4.78, 5) is 27.1. The van der Waals surface area contributed by atoms with E-state index in [4.69, 9.17) is 4.42 Å². The molecule has 0 bridgehead atoms. The van der Waals surface area contributed by atoms with Crippen LogP contribution < -0.4 is 5.32 Å². The van der Waals surface area contributed by atoms with Crippen molar-refractivity contribution in [3.63, 3.8) is 0 Å². The van der Waals surface area contributed by atoms with Crippen molar-refractivity contribution in [1.29, 1.82) is 0 Å². The van der Waals surface area contributed by atoms with Crippen LogP contribution in [0.2, 0.25) is 0 Å². The molecule has 1 aliphatic heterocycles. The summed E-state index contributed by atoms with van der Waals surface area (Å²) in [5, 5.41) is 4.57. The zero-order valence-electron chi connectivity index (χ0n) is 14.0. The topological polar surface area (TPSA) is 62.6 Å². The number of furan rings is 1. The van der Waals surface area contributed by atoms with Crippen molar-refractivity contribution < 1.29 is 14.0 Å². The standard InChI is InChI=1S/C18H22N2O3S/c1-12-7-8-20(14(10-12)15-6-5-13(2)23-15)17(21)11-19-18(22)16-4-3-9-24-16/h3-6,9,12,14H,7-8,10-11H2,1-2H3,(H,19,22)/t12-,14-/m0/s1. The van der Waals surface area contributed by atoms with Gasteiger partial charge in [0.25, 0.3) is 5.91 Å². The molecule has 1 N–H and O–H groups in total. The summed E-state index contributed by atoms with van der Waals surface area (Å²) < 4.78 is 5.76. The Balaban J connectivity index is 1.66. The van der Waals surface area contributed by atoms with Gasteiger partial charge in [0.15, 0.2) is 0 Å². The molecule has 2 aromatic rings. The van der Waals surface area contributed by atoms with E-state index >= 15 is 0 Å². The third-order valence-electron chi connectivity index (χ3n) is 4.42. The van der Waals surface area contributed by atoms with E-state index in [0.717, 1.165) is 24.4 Å². The average molecular weight is 346 g/mol. The predicted molar refractivity (Wildman–Crippen MR) is 92.9 cm³/mol. The van der Waals surface area contributed by atoms with Crippen LogP contribution in [0.5, 0.6) is 0 Å². The highest BCUT2D eigenvalue weighted by Crippen LogP contribution is 2.34. The molecule has 0 radical (unpaired) electrons. The first-order chi connectivity index (χ1) is 11.5. The van der Waals surface area contributed by atoms with Gasteiger partial charge in [-0.3, -0.25) is 9.59 Å². The number of likely N-dealkylation sites (tertiary alicyclic amines) is 1. The number of thiophene rings is 1. The van der Waals surface area contributed by atoms with E-state index in [1.54, 1.807) is 6.07 Å². The Bertz CT molecular complexity index is 708. The van der Waals surface area contributed by atoms with Crippen molar-refractivity contribution in [2.24, 2.45) is 5.92 Å². The lowest BCUT2D eigenvalue weighted by atomic mass is 9.91. The van der Waals surface area contributed by atoms with Crippen LogP contribution in [0, 0.1) is 12.8 Å². The van der Waals surface area contributed by atoms with E-state index in [2.05, 4.69) is 12.2 Å². The molecule has 2 aromatic heterocycles. The van der Waals surface area contributed by atoms with Gasteiger partial charge in [0.1, 0.15) is 11.5 Å². The SMILES string of the molecule is Cc1ccc([C@@H]2C[C@@H](C)CCN2C(=O)CNC(=O)c2cccs2)o1. The molecule has 1 fully saturated rings. The van der Waals surface area contributed by atoms with Crippen LogP contribution in [0.15, 0.2) is 34.1 Å². The van der Waals surface area contributed by atoms with Crippen molar-refractivity contribution in [3.8, 4) is 0 Å². The number of nitrogens with one attached hydrogen (secondary N) is 1. The minimum atomic E-state index is -0.200. The second kappa shape index (κ2) is 7.21. The lowest BCUT2D eigenvalue weighted by Gasteiger charge is -2.37. The molecule has 0 unspecified atom stereocenters. The summed E-state index contributed by atoms with van der Waals surface area (Å²) in [7, 11) is 0. The summed E-state index contributed by atoms with van der Waals surface area (Å²) in [5.41, 5.74) is 0. The number of aryl methyl sites for hydroxylation is 1. The maximum absolute atomic E-state index is 12.6. The first-order valence-electron chi connectivity index (χ1n) is 8.22. The molecule has 5 nitrogen and oxygen atoms in total. The van der Waals surface area contributed by atoms with Crippen LogP contribution in [-0.2, 0) is 4.79 Å². The Kier molecular flexibility index (Phi) is 5.04. The van der Waals surface area contributed by atoms with Crippen LogP contribution in [-0.4, -0.2) is 29.8 Å². The maximum Gasteiger partial charge on any atom is 0.261 e. The molecule has 6 heteroatoms. The molecule has 0 aliphatic carbocycles. The Morgan fingerprint density at radius 2 is 2.21 bits per heavy atom. The monoisotopic (exact) mass is 346 g/mol. The van der Waals surface area contributed by atoms with Crippen LogP contribution in [0.3, 0.4) is 0 Å². The van der Waals surface area contributed by atoms with E-state index < -0.39 is 0 Å². The van der Waals surface area contributed by atoms with E-state index in [1.807, 2.05) is 35.4 Å². The number of amides is 2. The number of piperidine rings is 1. The van der Waals surface area contributed by atoms with Crippen LogP contribution in [0.1, 0.15) is 47.0 Å². The van der Waals surface area contributed by atoms with Gasteiger partial charge >= 0.3 is 0 Å². The molecule has 128 valence electrons. The Morgan fingerprint density at radius 3 is 2.88 bits per heavy atom. The molecule has 3 heterocycles. The fourth-order valence-corrected chi connectivity index (χ4v) is 3.73. The molecule has 0 spiro atoms. The quantitative estimate of drug-likeness (QED) is 0.923. The highest BCUT2D eigenvalue weighted by molar-refractivity contribution is 7.12. The molecule has 1 aliphatic rings. The van der Waals surface area contributed by atoms with Gasteiger partial charge in [0, 0.05) is 6.54 Å². The Morgan fingerprint density at radius 1 is 1.38 bits per heavy atom. The highest BCUT2D eigenvalue weighted by atomic mass is 32.1. The van der Waals surface area contributed by atoms with Gasteiger partial charge in [-0.25, -0.2) is 0 Å². The minimum Gasteiger partial charge on any atom is -0.464 e. The van der Waals surface area contributed by atoms with Gasteiger partial charge < -0.3 is 14.6 Å². The van der Waals surface area contributed by atoms with Gasteiger partial charge in [0.2, 0.25) is 5.91 Å². The largest absolute Gasteiger partial charge is 0.464 e. The van der Waals surface area contributed by atoms with Crippen molar-refractivity contribution in [2.75, 3.05) is 13.1 Å². The van der Waals surface area contributed by atoms with Crippen molar-refractivity contribution in [3.05, 3.63) is 46.0 Å². The van der Waals surface area contributed by atoms with E-state index in [1.165, 1.54) is 11.3 Å². The lowest BCUT2D eigenvalue weighted by Crippen LogP contribution is -2.45. The normalized spacial score (nSPS) is 20.8. The summed E-state index contributed by atoms with van der Waals surface area (Å²) >= 11 is 1.37. The number of rotatable bonds is 4. The third-order valence-corrected chi connectivity index (χ3v) is 5.29. The fraction of sp³-hybridized carbons (Fsp3) is 0.444. The molecule has 24 heavy (non-hydrogen) atoms. The smallest absolute Gasteiger partial charge is 0.261 e.